The van der Waals surface area contributed by atoms with E-state index < -0.39 is 17.6 Å². The Balaban J connectivity index is 1.88. The van der Waals surface area contributed by atoms with Crippen molar-refractivity contribution in [2.24, 2.45) is 0 Å². The zero-order valence-electron chi connectivity index (χ0n) is 17.3. The van der Waals surface area contributed by atoms with Crippen molar-refractivity contribution in [1.29, 1.82) is 0 Å². The number of nitrogens with one attached hydrogen (secondary N) is 1. The Morgan fingerprint density at radius 1 is 0.903 bits per heavy atom. The van der Waals surface area contributed by atoms with Crippen LogP contribution >= 0.6 is 11.6 Å². The molecule has 31 heavy (non-hydrogen) atoms. The van der Waals surface area contributed by atoms with Gasteiger partial charge in [0.15, 0.2) is 0 Å². The second kappa shape index (κ2) is 8.00. The Labute approximate surface area is 185 Å². The average molecular weight is 435 g/mol. The summed E-state index contributed by atoms with van der Waals surface area (Å²) in [5.41, 5.74) is 4.38. The van der Waals surface area contributed by atoms with E-state index in [2.05, 4.69) is 5.32 Å². The van der Waals surface area contributed by atoms with Crippen LogP contribution in [0.5, 0.6) is 0 Å². The minimum absolute atomic E-state index is 0.128. The Kier molecular flexibility index (Phi) is 5.38. The maximum Gasteiger partial charge on any atom is 0.282 e. The van der Waals surface area contributed by atoms with Gasteiger partial charge < -0.3 is 5.32 Å². The number of amides is 2. The number of hydrogen-bond acceptors (Lipinski definition) is 3. The maximum absolute atomic E-state index is 13.5. The molecule has 2 amide bonds. The quantitative estimate of drug-likeness (QED) is 0.528. The smallest absolute Gasteiger partial charge is 0.282 e. The Morgan fingerprint density at radius 2 is 1.61 bits per heavy atom. The van der Waals surface area contributed by atoms with Crippen molar-refractivity contribution < 1.29 is 14.0 Å². The summed E-state index contributed by atoms with van der Waals surface area (Å²) in [4.78, 5) is 28.2. The van der Waals surface area contributed by atoms with Gasteiger partial charge in [-0.2, -0.15) is 0 Å². The molecule has 0 bridgehead atoms. The van der Waals surface area contributed by atoms with Crippen LogP contribution < -0.4 is 10.2 Å². The summed E-state index contributed by atoms with van der Waals surface area (Å²) in [6.07, 6.45) is 0. The lowest BCUT2D eigenvalue weighted by Gasteiger charge is -2.18. The molecule has 0 aromatic heterocycles. The number of rotatable bonds is 4. The Hall–Kier alpha value is -3.44. The monoisotopic (exact) mass is 434 g/mol. The fourth-order valence-electron chi connectivity index (χ4n) is 3.59. The molecule has 1 N–H and O–H groups in total. The van der Waals surface area contributed by atoms with Gasteiger partial charge in [0.05, 0.1) is 11.3 Å². The first-order chi connectivity index (χ1) is 14.8. The van der Waals surface area contributed by atoms with Crippen LogP contribution in [0, 0.1) is 26.6 Å². The minimum atomic E-state index is -0.475. The number of nitrogens with zero attached hydrogens (tertiary/aromatic N) is 1. The van der Waals surface area contributed by atoms with E-state index in [0.717, 1.165) is 16.7 Å². The SMILES string of the molecule is Cc1ccc(C)c(N2C(=O)C(Nc3cccc(Cl)c3C)=C(c3ccc(F)cc3)C2=O)c1. The van der Waals surface area contributed by atoms with Gasteiger partial charge >= 0.3 is 0 Å². The third kappa shape index (κ3) is 3.73. The standard InChI is InChI=1S/C25H20ClFN2O2/c1-14-7-8-15(2)21(13-14)29-24(30)22(17-9-11-18(27)12-10-17)23(25(29)31)28-20-6-4-5-19(26)16(20)3/h4-13,28H,1-3H3. The van der Waals surface area contributed by atoms with E-state index in [1.165, 1.54) is 29.2 Å². The number of carbonyl (C=O) groups excluding carboxylic acids is 2. The lowest BCUT2D eigenvalue weighted by molar-refractivity contribution is -0.120. The van der Waals surface area contributed by atoms with Crippen molar-refractivity contribution in [2.75, 3.05) is 10.2 Å². The fourth-order valence-corrected chi connectivity index (χ4v) is 3.76. The van der Waals surface area contributed by atoms with Crippen LogP contribution in [0.4, 0.5) is 15.8 Å². The van der Waals surface area contributed by atoms with Crippen LogP contribution in [0.15, 0.2) is 66.4 Å². The molecule has 0 fully saturated rings. The van der Waals surface area contributed by atoms with E-state index in [9.17, 15) is 14.0 Å². The van der Waals surface area contributed by atoms with Gasteiger partial charge in [-0.15, -0.1) is 0 Å². The van der Waals surface area contributed by atoms with Gasteiger partial charge in [-0.3, -0.25) is 9.59 Å². The molecule has 1 aliphatic rings. The summed E-state index contributed by atoms with van der Waals surface area (Å²) in [5.74, 6) is -1.36. The van der Waals surface area contributed by atoms with E-state index in [-0.39, 0.29) is 11.3 Å². The molecule has 6 heteroatoms. The maximum atomic E-state index is 13.5. The van der Waals surface area contributed by atoms with Gasteiger partial charge in [-0.25, -0.2) is 9.29 Å². The van der Waals surface area contributed by atoms with E-state index in [4.69, 9.17) is 11.6 Å². The van der Waals surface area contributed by atoms with Gasteiger partial charge in [-0.05, 0) is 73.4 Å². The third-order valence-electron chi connectivity index (χ3n) is 5.35. The van der Waals surface area contributed by atoms with Gasteiger partial charge in [0.2, 0.25) is 0 Å². The lowest BCUT2D eigenvalue weighted by atomic mass is 10.0. The molecule has 1 heterocycles. The van der Waals surface area contributed by atoms with Crippen molar-refractivity contribution in [3.05, 3.63) is 99.5 Å². The van der Waals surface area contributed by atoms with Crippen molar-refractivity contribution >= 4 is 40.4 Å². The summed E-state index contributed by atoms with van der Waals surface area (Å²) in [6.45, 7) is 5.57. The van der Waals surface area contributed by atoms with Crippen molar-refractivity contribution in [2.45, 2.75) is 20.8 Å². The molecule has 156 valence electrons. The fraction of sp³-hybridized carbons (Fsp3) is 0.120. The number of carbonyl (C=O) groups is 2. The molecule has 0 atom stereocenters. The first-order valence-electron chi connectivity index (χ1n) is 9.76. The normalized spacial score (nSPS) is 13.9. The molecule has 1 aliphatic heterocycles. The highest BCUT2D eigenvalue weighted by molar-refractivity contribution is 6.46. The number of imide groups is 1. The second-order valence-corrected chi connectivity index (χ2v) is 7.94. The zero-order chi connectivity index (χ0) is 22.3. The zero-order valence-corrected chi connectivity index (χ0v) is 18.0. The number of hydrogen-bond donors (Lipinski definition) is 1. The van der Waals surface area contributed by atoms with E-state index in [1.807, 2.05) is 32.9 Å². The van der Waals surface area contributed by atoms with Gasteiger partial charge in [0.25, 0.3) is 11.8 Å². The average Bonchev–Trinajstić information content (AvgIpc) is 2.98. The van der Waals surface area contributed by atoms with Crippen LogP contribution in [0.25, 0.3) is 5.57 Å². The molecule has 4 rings (SSSR count). The first-order valence-corrected chi connectivity index (χ1v) is 10.1. The summed E-state index contributed by atoms with van der Waals surface area (Å²) in [7, 11) is 0. The molecule has 0 unspecified atom stereocenters. The molecule has 0 saturated heterocycles. The van der Waals surface area contributed by atoms with Crippen LogP contribution in [0.1, 0.15) is 22.3 Å². The van der Waals surface area contributed by atoms with Crippen molar-refractivity contribution in [1.82, 2.24) is 0 Å². The highest BCUT2D eigenvalue weighted by Crippen LogP contribution is 2.36. The largest absolute Gasteiger partial charge is 0.350 e. The van der Waals surface area contributed by atoms with Gasteiger partial charge in [-0.1, -0.05) is 41.9 Å². The lowest BCUT2D eigenvalue weighted by Crippen LogP contribution is -2.33. The van der Waals surface area contributed by atoms with Crippen molar-refractivity contribution in [3.8, 4) is 0 Å². The highest BCUT2D eigenvalue weighted by atomic mass is 35.5. The molecule has 0 radical (unpaired) electrons. The predicted octanol–water partition coefficient (Wildman–Crippen LogP) is 5.80. The van der Waals surface area contributed by atoms with Gasteiger partial charge in [0, 0.05) is 10.7 Å². The predicted molar refractivity (Wildman–Crippen MR) is 122 cm³/mol. The Bertz CT molecular complexity index is 1250. The molecule has 3 aromatic carbocycles. The summed E-state index contributed by atoms with van der Waals surface area (Å²) >= 11 is 6.24. The molecule has 4 nitrogen and oxygen atoms in total. The summed E-state index contributed by atoms with van der Waals surface area (Å²) in [6, 6.07) is 16.4. The number of benzene rings is 3. The van der Waals surface area contributed by atoms with Crippen LogP contribution in [0.3, 0.4) is 0 Å². The van der Waals surface area contributed by atoms with Crippen molar-refractivity contribution in [3.63, 3.8) is 0 Å². The minimum Gasteiger partial charge on any atom is -0.350 e. The van der Waals surface area contributed by atoms with E-state index in [0.29, 0.717) is 22.0 Å². The Morgan fingerprint density at radius 3 is 2.32 bits per heavy atom. The number of aryl methyl sites for hydroxylation is 2. The van der Waals surface area contributed by atoms with E-state index in [1.54, 1.807) is 24.3 Å². The molecule has 0 aliphatic carbocycles. The highest BCUT2D eigenvalue weighted by Gasteiger charge is 2.41. The first kappa shape index (κ1) is 20.8. The molecule has 3 aromatic rings. The molecular weight excluding hydrogens is 415 g/mol. The van der Waals surface area contributed by atoms with Crippen LogP contribution in [-0.2, 0) is 9.59 Å². The molecule has 0 saturated carbocycles. The number of halogens is 2. The van der Waals surface area contributed by atoms with Gasteiger partial charge in [0.1, 0.15) is 11.5 Å². The molecular formula is C25H20ClFN2O2. The van der Waals surface area contributed by atoms with Crippen LogP contribution in [-0.4, -0.2) is 11.8 Å². The second-order valence-electron chi connectivity index (χ2n) is 7.53. The van der Waals surface area contributed by atoms with E-state index >= 15 is 0 Å². The third-order valence-corrected chi connectivity index (χ3v) is 5.76. The number of anilines is 2. The van der Waals surface area contributed by atoms with Crippen LogP contribution in [0.2, 0.25) is 5.02 Å². The molecule has 0 spiro atoms. The summed E-state index contributed by atoms with van der Waals surface area (Å²) in [5, 5.41) is 3.66. The topological polar surface area (TPSA) is 49.4 Å². The summed E-state index contributed by atoms with van der Waals surface area (Å²) < 4.78 is 13.5.